The molecule has 12 rings (SSSR count). The summed E-state index contributed by atoms with van der Waals surface area (Å²) in [5.74, 6) is 0. The average Bonchev–Trinajstić information content (AvgIpc) is 3.80. The van der Waals surface area contributed by atoms with E-state index in [-0.39, 0.29) is 0 Å². The van der Waals surface area contributed by atoms with Crippen LogP contribution in [-0.2, 0) is 0 Å². The largest absolute Gasteiger partial charge is 0.453 e. The zero-order chi connectivity index (χ0) is 44.6. The molecule has 0 atom stereocenters. The van der Waals surface area contributed by atoms with E-state index in [9.17, 15) is 0 Å². The van der Waals surface area contributed by atoms with Crippen LogP contribution >= 0.6 is 0 Å². The highest BCUT2D eigenvalue weighted by atomic mass is 28.3. The van der Waals surface area contributed by atoms with Gasteiger partial charge in [-0.15, -0.1) is 0 Å². The van der Waals surface area contributed by atoms with Gasteiger partial charge in [-0.1, -0.05) is 243 Å². The maximum absolute atomic E-state index is 7.04. The van der Waals surface area contributed by atoms with E-state index in [4.69, 9.17) is 4.42 Å². The Morgan fingerprint density at radius 1 is 0.284 bits per heavy atom. The lowest BCUT2D eigenvalue weighted by atomic mass is 9.98. The third-order valence-electron chi connectivity index (χ3n) is 13.4. The predicted octanol–water partition coefficient (Wildman–Crippen LogP) is 14.6. The molecule has 0 spiro atoms. The predicted molar refractivity (Wildman–Crippen MR) is 286 cm³/mol. The molecule has 0 radical (unpaired) electrons. The summed E-state index contributed by atoms with van der Waals surface area (Å²) in [6.45, 7) is 0. The van der Waals surface area contributed by atoms with E-state index in [1.807, 2.05) is 0 Å². The van der Waals surface area contributed by atoms with E-state index in [2.05, 4.69) is 278 Å². The first kappa shape index (κ1) is 40.0. The molecule has 0 aliphatic heterocycles. The van der Waals surface area contributed by atoms with Crippen molar-refractivity contribution in [3.8, 4) is 33.4 Å². The Morgan fingerprint density at radius 3 is 1.36 bits per heavy atom. The van der Waals surface area contributed by atoms with Crippen molar-refractivity contribution in [1.82, 2.24) is 0 Å². The van der Waals surface area contributed by atoms with Crippen molar-refractivity contribution >= 4 is 78.6 Å². The lowest BCUT2D eigenvalue weighted by Gasteiger charge is -2.34. The van der Waals surface area contributed by atoms with Crippen LogP contribution in [-0.4, -0.2) is 8.07 Å². The Kier molecular flexibility index (Phi) is 10.2. The van der Waals surface area contributed by atoms with Crippen LogP contribution in [0.2, 0.25) is 0 Å². The molecule has 0 amide bonds. The van der Waals surface area contributed by atoms with Crippen molar-refractivity contribution in [1.29, 1.82) is 0 Å². The highest BCUT2D eigenvalue weighted by molar-refractivity contribution is 7.19. The van der Waals surface area contributed by atoms with Crippen molar-refractivity contribution in [3.05, 3.63) is 273 Å². The van der Waals surface area contributed by atoms with Crippen LogP contribution in [0.25, 0.3) is 66.1 Å². The molecule has 0 bridgehead atoms. The fourth-order valence-corrected chi connectivity index (χ4v) is 15.1. The van der Waals surface area contributed by atoms with Gasteiger partial charge >= 0.3 is 0 Å². The van der Waals surface area contributed by atoms with Gasteiger partial charge in [0.05, 0.1) is 5.69 Å². The number of para-hydroxylation sites is 2. The summed E-state index contributed by atoms with van der Waals surface area (Å²) in [5, 5.41) is 10.1. The minimum Gasteiger partial charge on any atom is -0.453 e. The summed E-state index contributed by atoms with van der Waals surface area (Å²) in [7, 11) is -2.71. The molecular formula is C64H45NOSi. The molecule has 0 N–H and O–H groups in total. The summed E-state index contributed by atoms with van der Waals surface area (Å²) >= 11 is 0. The first-order valence-electron chi connectivity index (χ1n) is 23.0. The first-order chi connectivity index (χ1) is 33.2. The second kappa shape index (κ2) is 17.1. The number of benzene rings is 11. The number of fused-ring (bicyclic) bond motifs is 4. The summed E-state index contributed by atoms with van der Waals surface area (Å²) in [5.41, 5.74) is 11.7. The molecule has 1 aromatic heterocycles. The van der Waals surface area contributed by atoms with Crippen LogP contribution in [0.3, 0.4) is 0 Å². The number of furan rings is 1. The van der Waals surface area contributed by atoms with Gasteiger partial charge in [-0.25, -0.2) is 0 Å². The lowest BCUT2D eigenvalue weighted by Crippen LogP contribution is -2.74. The third-order valence-corrected chi connectivity index (χ3v) is 18.2. The Labute approximate surface area is 392 Å². The molecule has 0 saturated heterocycles. The van der Waals surface area contributed by atoms with Crippen LogP contribution in [0.15, 0.2) is 277 Å². The van der Waals surface area contributed by atoms with Gasteiger partial charge in [0.15, 0.2) is 13.7 Å². The Balaban J connectivity index is 1.00. The van der Waals surface area contributed by atoms with Crippen molar-refractivity contribution in [2.24, 2.45) is 0 Å². The summed E-state index contributed by atoms with van der Waals surface area (Å²) in [4.78, 5) is 2.35. The summed E-state index contributed by atoms with van der Waals surface area (Å²) < 4.78 is 7.04. The Morgan fingerprint density at radius 2 is 0.716 bits per heavy atom. The van der Waals surface area contributed by atoms with Crippen molar-refractivity contribution in [2.45, 2.75) is 0 Å². The number of nitrogens with zero attached hydrogens (tertiary/aromatic N) is 1. The van der Waals surface area contributed by atoms with E-state index in [1.165, 1.54) is 48.2 Å². The van der Waals surface area contributed by atoms with Gasteiger partial charge in [-0.3, -0.25) is 0 Å². The maximum Gasteiger partial charge on any atom is 0.179 e. The standard InChI is InChI=1S/C64H45NOSi/c1-5-19-48(20-6-1)59-33-17-34-60-61-35-18-36-62(64(61)66-63(59)60)65(52-43-39-49(40-44-52)58-32-16-22-47-21-13-14-31-57(47)58)51-41-37-46(38-42-51)50-23-15-30-56(45-50)67(53-24-7-2-8-25-53,54-26-9-3-10-27-54)55-28-11-4-12-29-55/h1-45H. The normalized spacial score (nSPS) is 11.6. The first-order valence-corrected chi connectivity index (χ1v) is 25.0. The van der Waals surface area contributed by atoms with Crippen LogP contribution in [0.1, 0.15) is 0 Å². The molecule has 11 aromatic carbocycles. The van der Waals surface area contributed by atoms with Crippen LogP contribution in [0.4, 0.5) is 17.1 Å². The minimum absolute atomic E-state index is 0.847. The van der Waals surface area contributed by atoms with Gasteiger partial charge in [0.1, 0.15) is 5.58 Å². The van der Waals surface area contributed by atoms with Gasteiger partial charge in [0.2, 0.25) is 0 Å². The highest BCUT2D eigenvalue weighted by Gasteiger charge is 2.41. The summed E-state index contributed by atoms with van der Waals surface area (Å²) in [6.07, 6.45) is 0. The number of hydrogen-bond acceptors (Lipinski definition) is 2. The monoisotopic (exact) mass is 871 g/mol. The average molecular weight is 872 g/mol. The van der Waals surface area contributed by atoms with E-state index >= 15 is 0 Å². The lowest BCUT2D eigenvalue weighted by molar-refractivity contribution is 0.670. The van der Waals surface area contributed by atoms with E-state index in [0.717, 1.165) is 55.7 Å². The van der Waals surface area contributed by atoms with Gasteiger partial charge in [0.25, 0.3) is 0 Å². The molecule has 3 heteroatoms. The van der Waals surface area contributed by atoms with Crippen LogP contribution in [0.5, 0.6) is 0 Å². The molecular weight excluding hydrogens is 827 g/mol. The van der Waals surface area contributed by atoms with E-state index < -0.39 is 8.07 Å². The molecule has 316 valence electrons. The van der Waals surface area contributed by atoms with Crippen molar-refractivity contribution < 1.29 is 4.42 Å². The molecule has 0 fully saturated rings. The molecule has 0 aliphatic rings. The molecule has 0 aliphatic carbocycles. The Hall–Kier alpha value is -8.50. The summed E-state index contributed by atoms with van der Waals surface area (Å²) in [6, 6.07) is 99.4. The second-order valence-corrected chi connectivity index (χ2v) is 21.0. The SMILES string of the molecule is c1ccc(-c2cccc3c2oc2c(N(c4ccc(-c5cccc([Si](c6ccccc6)(c6ccccc6)c6ccccc6)c5)cc4)c4ccc(-c5cccc6ccccc56)cc4)cccc23)cc1. The molecule has 1 heterocycles. The molecule has 0 saturated carbocycles. The number of rotatable bonds is 10. The van der Waals surface area contributed by atoms with E-state index in [0.29, 0.717) is 0 Å². The fraction of sp³-hybridized carbons (Fsp3) is 0. The second-order valence-electron chi connectivity index (χ2n) is 17.2. The highest BCUT2D eigenvalue weighted by Crippen LogP contribution is 2.45. The maximum atomic E-state index is 7.04. The number of anilines is 3. The van der Waals surface area contributed by atoms with Crippen molar-refractivity contribution in [3.63, 3.8) is 0 Å². The smallest absolute Gasteiger partial charge is 0.179 e. The van der Waals surface area contributed by atoms with Gasteiger partial charge in [-0.05, 0) is 89.7 Å². The van der Waals surface area contributed by atoms with Gasteiger partial charge < -0.3 is 9.32 Å². The van der Waals surface area contributed by atoms with Gasteiger partial charge in [-0.2, -0.15) is 0 Å². The molecule has 12 aromatic rings. The topological polar surface area (TPSA) is 16.4 Å². The zero-order valence-corrected chi connectivity index (χ0v) is 37.8. The molecule has 67 heavy (non-hydrogen) atoms. The number of hydrogen-bond donors (Lipinski definition) is 0. The van der Waals surface area contributed by atoms with Crippen LogP contribution in [0, 0.1) is 0 Å². The quantitative estimate of drug-likeness (QED) is 0.101. The fourth-order valence-electron chi connectivity index (χ4n) is 10.3. The third kappa shape index (κ3) is 7.05. The van der Waals surface area contributed by atoms with Crippen LogP contribution < -0.4 is 25.6 Å². The minimum atomic E-state index is -2.71. The Bertz CT molecular complexity index is 3560. The molecule has 0 unspecified atom stereocenters. The molecule has 2 nitrogen and oxygen atoms in total. The van der Waals surface area contributed by atoms with Crippen molar-refractivity contribution in [2.75, 3.05) is 4.90 Å². The zero-order valence-electron chi connectivity index (χ0n) is 36.8. The van der Waals surface area contributed by atoms with Gasteiger partial charge in [0, 0.05) is 27.7 Å². The van der Waals surface area contributed by atoms with E-state index in [1.54, 1.807) is 0 Å².